The van der Waals surface area contributed by atoms with Gasteiger partial charge in [-0.15, -0.1) is 0 Å². The summed E-state index contributed by atoms with van der Waals surface area (Å²) >= 11 is 0. The standard InChI is InChI=1S/C18H14FN3O2/c19-15-8-2-1-5-14(15)11-21-22-17(23)12-24-16-9-3-6-13-7-4-10-20-18(13)16/h1-11H,12H2,(H,22,23)/b21-11+. The van der Waals surface area contributed by atoms with Crippen LogP contribution in [0.15, 0.2) is 65.9 Å². The van der Waals surface area contributed by atoms with E-state index < -0.39 is 11.7 Å². The SMILES string of the molecule is O=C(COc1cccc2cccnc12)N/N=C/c1ccccc1F. The van der Waals surface area contributed by atoms with Crippen LogP contribution in [0, 0.1) is 5.82 Å². The first-order chi connectivity index (χ1) is 11.7. The predicted octanol–water partition coefficient (Wildman–Crippen LogP) is 2.90. The quantitative estimate of drug-likeness (QED) is 0.580. The second-order valence-electron chi connectivity index (χ2n) is 4.93. The Morgan fingerprint density at radius 3 is 2.88 bits per heavy atom. The molecule has 0 spiro atoms. The number of hydrazone groups is 1. The van der Waals surface area contributed by atoms with Crippen LogP contribution in [0.1, 0.15) is 5.56 Å². The lowest BCUT2D eigenvalue weighted by Gasteiger charge is -2.07. The molecule has 0 aliphatic heterocycles. The third kappa shape index (κ3) is 3.73. The maximum atomic E-state index is 13.4. The molecule has 1 heterocycles. The lowest BCUT2D eigenvalue weighted by molar-refractivity contribution is -0.123. The van der Waals surface area contributed by atoms with Gasteiger partial charge in [-0.3, -0.25) is 9.78 Å². The number of ether oxygens (including phenoxy) is 1. The maximum Gasteiger partial charge on any atom is 0.277 e. The number of carbonyl (C=O) groups excluding carboxylic acids is 1. The summed E-state index contributed by atoms with van der Waals surface area (Å²) in [4.78, 5) is 16.0. The Balaban J connectivity index is 1.58. The van der Waals surface area contributed by atoms with E-state index in [4.69, 9.17) is 4.74 Å². The molecule has 24 heavy (non-hydrogen) atoms. The number of para-hydroxylation sites is 1. The summed E-state index contributed by atoms with van der Waals surface area (Å²) in [6.07, 6.45) is 2.90. The molecule has 5 nitrogen and oxygen atoms in total. The van der Waals surface area contributed by atoms with Crippen molar-refractivity contribution in [2.75, 3.05) is 6.61 Å². The Kier molecular flexibility index (Phi) is 4.76. The third-order valence-electron chi connectivity index (χ3n) is 3.25. The molecule has 1 N–H and O–H groups in total. The van der Waals surface area contributed by atoms with Crippen LogP contribution in [-0.2, 0) is 4.79 Å². The molecule has 120 valence electrons. The summed E-state index contributed by atoms with van der Waals surface area (Å²) < 4.78 is 18.9. The van der Waals surface area contributed by atoms with Crippen molar-refractivity contribution in [1.82, 2.24) is 10.4 Å². The van der Waals surface area contributed by atoms with E-state index in [1.165, 1.54) is 12.3 Å². The average Bonchev–Trinajstić information content (AvgIpc) is 2.61. The molecule has 0 saturated carbocycles. The molecule has 0 saturated heterocycles. The van der Waals surface area contributed by atoms with Gasteiger partial charge in [0.2, 0.25) is 0 Å². The number of fused-ring (bicyclic) bond motifs is 1. The van der Waals surface area contributed by atoms with E-state index in [-0.39, 0.29) is 12.2 Å². The molecule has 3 rings (SSSR count). The normalized spacial score (nSPS) is 10.9. The molecule has 0 aliphatic carbocycles. The van der Waals surface area contributed by atoms with Gasteiger partial charge in [0, 0.05) is 17.1 Å². The van der Waals surface area contributed by atoms with Crippen molar-refractivity contribution in [3.05, 3.63) is 72.2 Å². The van der Waals surface area contributed by atoms with Crippen molar-refractivity contribution in [2.24, 2.45) is 5.10 Å². The second kappa shape index (κ2) is 7.32. The van der Waals surface area contributed by atoms with Crippen molar-refractivity contribution in [3.63, 3.8) is 0 Å². The first kappa shape index (κ1) is 15.6. The van der Waals surface area contributed by atoms with Gasteiger partial charge >= 0.3 is 0 Å². The Bertz CT molecular complexity index is 891. The number of aromatic nitrogens is 1. The average molecular weight is 323 g/mol. The third-order valence-corrected chi connectivity index (χ3v) is 3.25. The van der Waals surface area contributed by atoms with Gasteiger partial charge in [0.25, 0.3) is 5.91 Å². The van der Waals surface area contributed by atoms with Crippen LogP contribution in [0.5, 0.6) is 5.75 Å². The van der Waals surface area contributed by atoms with Crippen LogP contribution in [-0.4, -0.2) is 23.7 Å². The molecule has 0 radical (unpaired) electrons. The maximum absolute atomic E-state index is 13.4. The summed E-state index contributed by atoms with van der Waals surface area (Å²) in [5.41, 5.74) is 3.27. The molecule has 0 atom stereocenters. The number of benzene rings is 2. The number of hydrogen-bond acceptors (Lipinski definition) is 4. The molecule has 6 heteroatoms. The van der Waals surface area contributed by atoms with Gasteiger partial charge in [-0.2, -0.15) is 5.10 Å². The second-order valence-corrected chi connectivity index (χ2v) is 4.93. The lowest BCUT2D eigenvalue weighted by Crippen LogP contribution is -2.24. The number of rotatable bonds is 5. The van der Waals surface area contributed by atoms with Gasteiger partial charge in [0.15, 0.2) is 6.61 Å². The molecule has 3 aromatic rings. The van der Waals surface area contributed by atoms with Crippen molar-refractivity contribution in [1.29, 1.82) is 0 Å². The van der Waals surface area contributed by atoms with Crippen LogP contribution >= 0.6 is 0 Å². The van der Waals surface area contributed by atoms with Gasteiger partial charge in [-0.1, -0.05) is 36.4 Å². The zero-order valence-corrected chi connectivity index (χ0v) is 12.6. The van der Waals surface area contributed by atoms with Gasteiger partial charge in [0.05, 0.1) is 6.21 Å². The summed E-state index contributed by atoms with van der Waals surface area (Å²) in [7, 11) is 0. The minimum absolute atomic E-state index is 0.218. The van der Waals surface area contributed by atoms with E-state index in [1.807, 2.05) is 24.3 Å². The van der Waals surface area contributed by atoms with Crippen molar-refractivity contribution >= 4 is 23.0 Å². The molecule has 0 bridgehead atoms. The number of pyridine rings is 1. The fourth-order valence-electron chi connectivity index (χ4n) is 2.12. The Morgan fingerprint density at radius 2 is 2.00 bits per heavy atom. The highest BCUT2D eigenvalue weighted by molar-refractivity contribution is 5.85. The Hall–Kier alpha value is -3.28. The molecule has 1 aromatic heterocycles. The zero-order valence-electron chi connectivity index (χ0n) is 12.6. The number of nitrogens with one attached hydrogen (secondary N) is 1. The molecule has 0 fully saturated rings. The fraction of sp³-hybridized carbons (Fsp3) is 0.0556. The van der Waals surface area contributed by atoms with Crippen LogP contribution in [0.25, 0.3) is 10.9 Å². The van der Waals surface area contributed by atoms with Crippen LogP contribution in [0.4, 0.5) is 4.39 Å². The molecule has 0 unspecified atom stereocenters. The van der Waals surface area contributed by atoms with E-state index >= 15 is 0 Å². The van der Waals surface area contributed by atoms with Crippen molar-refractivity contribution in [2.45, 2.75) is 0 Å². The topological polar surface area (TPSA) is 63.6 Å². The van der Waals surface area contributed by atoms with E-state index in [2.05, 4.69) is 15.5 Å². The van der Waals surface area contributed by atoms with Crippen molar-refractivity contribution in [3.8, 4) is 5.75 Å². The molecule has 0 aliphatic rings. The molecule has 1 amide bonds. The molecular formula is C18H14FN3O2. The van der Waals surface area contributed by atoms with E-state index in [9.17, 15) is 9.18 Å². The highest BCUT2D eigenvalue weighted by Gasteiger charge is 2.06. The van der Waals surface area contributed by atoms with Crippen molar-refractivity contribution < 1.29 is 13.9 Å². The number of hydrogen-bond donors (Lipinski definition) is 1. The summed E-state index contributed by atoms with van der Waals surface area (Å²) in [6, 6.07) is 15.4. The minimum atomic E-state index is -0.449. The van der Waals surface area contributed by atoms with Crippen LogP contribution in [0.2, 0.25) is 0 Å². The number of halogens is 1. The number of amides is 1. The number of nitrogens with zero attached hydrogens (tertiary/aromatic N) is 2. The highest BCUT2D eigenvalue weighted by Crippen LogP contribution is 2.22. The predicted molar refractivity (Wildman–Crippen MR) is 89.4 cm³/mol. The minimum Gasteiger partial charge on any atom is -0.481 e. The van der Waals surface area contributed by atoms with Crippen LogP contribution < -0.4 is 10.2 Å². The first-order valence-corrected chi connectivity index (χ1v) is 7.27. The number of carbonyl (C=O) groups is 1. The van der Waals surface area contributed by atoms with E-state index in [0.717, 1.165) is 5.39 Å². The smallest absolute Gasteiger partial charge is 0.277 e. The van der Waals surface area contributed by atoms with E-state index in [1.54, 1.807) is 30.5 Å². The summed E-state index contributed by atoms with van der Waals surface area (Å²) in [5, 5.41) is 4.64. The monoisotopic (exact) mass is 323 g/mol. The largest absolute Gasteiger partial charge is 0.481 e. The Morgan fingerprint density at radius 1 is 1.17 bits per heavy atom. The van der Waals surface area contributed by atoms with Gasteiger partial charge in [0.1, 0.15) is 17.1 Å². The van der Waals surface area contributed by atoms with Gasteiger partial charge in [-0.05, 0) is 18.2 Å². The first-order valence-electron chi connectivity index (χ1n) is 7.27. The fourth-order valence-corrected chi connectivity index (χ4v) is 2.12. The summed E-state index contributed by atoms with van der Waals surface area (Å²) in [6.45, 7) is -0.218. The van der Waals surface area contributed by atoms with Gasteiger partial charge < -0.3 is 4.74 Å². The van der Waals surface area contributed by atoms with E-state index in [0.29, 0.717) is 11.3 Å². The molecule has 2 aromatic carbocycles. The van der Waals surface area contributed by atoms with Crippen LogP contribution in [0.3, 0.4) is 0 Å². The zero-order chi connectivity index (χ0) is 16.8. The summed E-state index contributed by atoms with van der Waals surface area (Å²) in [5.74, 6) is -0.342. The lowest BCUT2D eigenvalue weighted by atomic mass is 10.2. The molecular weight excluding hydrogens is 309 g/mol. The van der Waals surface area contributed by atoms with Gasteiger partial charge in [-0.25, -0.2) is 9.82 Å². The highest BCUT2D eigenvalue weighted by atomic mass is 19.1. The Labute approximate surface area is 137 Å².